The lowest BCUT2D eigenvalue weighted by atomic mass is 10.3. The Morgan fingerprint density at radius 3 is 3.07 bits per heavy atom. The summed E-state index contributed by atoms with van der Waals surface area (Å²) in [6.07, 6.45) is 0.882. The summed E-state index contributed by atoms with van der Waals surface area (Å²) in [5, 5.41) is 12.1. The lowest BCUT2D eigenvalue weighted by Crippen LogP contribution is -2.06. The summed E-state index contributed by atoms with van der Waals surface area (Å²) in [5.41, 5.74) is 0.504. The van der Waals surface area contributed by atoms with Gasteiger partial charge < -0.3 is 10.1 Å². The molecule has 0 aromatic carbocycles. The van der Waals surface area contributed by atoms with E-state index in [2.05, 4.69) is 10.3 Å². The standard InChI is InChI=1S/C10H12ClN3O/c1-15-4-2-3-13-10-6-8(7-12)5-9(11)14-10/h5-6H,2-4H2,1H3,(H,13,14). The van der Waals surface area contributed by atoms with E-state index in [0.29, 0.717) is 23.1 Å². The van der Waals surface area contributed by atoms with Gasteiger partial charge >= 0.3 is 0 Å². The number of pyridine rings is 1. The zero-order valence-corrected chi connectivity index (χ0v) is 9.21. The van der Waals surface area contributed by atoms with E-state index in [0.717, 1.165) is 13.0 Å². The largest absolute Gasteiger partial charge is 0.385 e. The Kier molecular flexibility index (Phi) is 4.88. The van der Waals surface area contributed by atoms with Crippen molar-refractivity contribution in [3.05, 3.63) is 22.8 Å². The molecule has 15 heavy (non-hydrogen) atoms. The van der Waals surface area contributed by atoms with E-state index in [-0.39, 0.29) is 0 Å². The lowest BCUT2D eigenvalue weighted by molar-refractivity contribution is 0.198. The van der Waals surface area contributed by atoms with Crippen molar-refractivity contribution in [1.82, 2.24) is 4.98 Å². The Bertz CT molecular complexity index is 362. The number of hydrogen-bond acceptors (Lipinski definition) is 4. The maximum absolute atomic E-state index is 8.71. The fourth-order valence-corrected chi connectivity index (χ4v) is 1.29. The number of hydrogen-bond donors (Lipinski definition) is 1. The Morgan fingerprint density at radius 2 is 2.40 bits per heavy atom. The topological polar surface area (TPSA) is 57.9 Å². The van der Waals surface area contributed by atoms with E-state index in [1.165, 1.54) is 6.07 Å². The Hall–Kier alpha value is -1.31. The molecule has 5 heteroatoms. The van der Waals surface area contributed by atoms with Crippen LogP contribution in [0.5, 0.6) is 0 Å². The third-order valence-corrected chi connectivity index (χ3v) is 1.95. The van der Waals surface area contributed by atoms with Crippen LogP contribution < -0.4 is 5.32 Å². The predicted octanol–water partition coefficient (Wildman–Crippen LogP) is 2.06. The third kappa shape index (κ3) is 4.15. The molecule has 4 nitrogen and oxygen atoms in total. The van der Waals surface area contributed by atoms with Crippen LogP contribution in [0.4, 0.5) is 5.82 Å². The zero-order valence-electron chi connectivity index (χ0n) is 8.46. The van der Waals surface area contributed by atoms with Crippen LogP contribution in [0.15, 0.2) is 12.1 Å². The van der Waals surface area contributed by atoms with Crippen LogP contribution in [0.3, 0.4) is 0 Å². The molecule has 1 rings (SSSR count). The van der Waals surface area contributed by atoms with Crippen LogP contribution in [-0.2, 0) is 4.74 Å². The SMILES string of the molecule is COCCCNc1cc(C#N)cc(Cl)n1. The molecule has 0 atom stereocenters. The minimum atomic E-state index is 0.322. The first kappa shape index (κ1) is 11.8. The molecule has 0 saturated heterocycles. The first-order valence-corrected chi connectivity index (χ1v) is 4.94. The summed E-state index contributed by atoms with van der Waals surface area (Å²) in [4.78, 5) is 4.04. The Morgan fingerprint density at radius 1 is 1.60 bits per heavy atom. The fraction of sp³-hybridized carbons (Fsp3) is 0.400. The van der Waals surface area contributed by atoms with Gasteiger partial charge in [-0.3, -0.25) is 0 Å². The molecule has 0 bridgehead atoms. The first-order valence-electron chi connectivity index (χ1n) is 4.56. The number of methoxy groups -OCH3 is 1. The molecule has 0 fully saturated rings. The van der Waals surface area contributed by atoms with Crippen molar-refractivity contribution in [2.75, 3.05) is 25.6 Å². The van der Waals surface area contributed by atoms with E-state index in [4.69, 9.17) is 21.6 Å². The molecule has 0 amide bonds. The molecule has 1 aromatic heterocycles. The number of nitrogens with zero attached hydrogens (tertiary/aromatic N) is 2. The maximum Gasteiger partial charge on any atom is 0.132 e. The summed E-state index contributed by atoms with van der Waals surface area (Å²) < 4.78 is 4.91. The summed E-state index contributed by atoms with van der Waals surface area (Å²) in [7, 11) is 1.66. The fourth-order valence-electron chi connectivity index (χ4n) is 1.08. The molecule has 0 aliphatic rings. The molecule has 80 valence electrons. The normalized spacial score (nSPS) is 9.67. The number of rotatable bonds is 5. The molecule has 1 heterocycles. The smallest absolute Gasteiger partial charge is 0.132 e. The van der Waals surface area contributed by atoms with Crippen LogP contribution in [0, 0.1) is 11.3 Å². The van der Waals surface area contributed by atoms with Crippen molar-refractivity contribution < 1.29 is 4.74 Å². The van der Waals surface area contributed by atoms with Gasteiger partial charge in [0.05, 0.1) is 11.6 Å². The number of aromatic nitrogens is 1. The highest BCUT2D eigenvalue weighted by Gasteiger charge is 1.99. The molecule has 0 radical (unpaired) electrons. The molecule has 0 aliphatic carbocycles. The number of nitrogens with one attached hydrogen (secondary N) is 1. The minimum Gasteiger partial charge on any atom is -0.385 e. The number of halogens is 1. The van der Waals surface area contributed by atoms with Gasteiger partial charge in [-0.25, -0.2) is 4.98 Å². The number of nitriles is 1. The number of ether oxygens (including phenoxy) is 1. The van der Waals surface area contributed by atoms with Gasteiger partial charge in [-0.05, 0) is 18.6 Å². The van der Waals surface area contributed by atoms with Gasteiger partial charge in [0, 0.05) is 20.3 Å². The average Bonchev–Trinajstić information content (AvgIpc) is 2.23. The van der Waals surface area contributed by atoms with Crippen molar-refractivity contribution in [1.29, 1.82) is 5.26 Å². The van der Waals surface area contributed by atoms with Crippen LogP contribution in [0.2, 0.25) is 5.15 Å². The Labute approximate surface area is 93.8 Å². The molecule has 0 saturated carbocycles. The first-order chi connectivity index (χ1) is 7.26. The second-order valence-electron chi connectivity index (χ2n) is 2.95. The summed E-state index contributed by atoms with van der Waals surface area (Å²) in [6.45, 7) is 1.44. The van der Waals surface area contributed by atoms with Gasteiger partial charge in [-0.1, -0.05) is 11.6 Å². The van der Waals surface area contributed by atoms with Gasteiger partial charge in [0.15, 0.2) is 0 Å². The highest BCUT2D eigenvalue weighted by molar-refractivity contribution is 6.29. The molecular formula is C10H12ClN3O. The van der Waals surface area contributed by atoms with Crippen LogP contribution in [0.25, 0.3) is 0 Å². The van der Waals surface area contributed by atoms with E-state index in [9.17, 15) is 0 Å². The van der Waals surface area contributed by atoms with Gasteiger partial charge in [-0.15, -0.1) is 0 Å². The highest BCUT2D eigenvalue weighted by atomic mass is 35.5. The van der Waals surface area contributed by atoms with Gasteiger partial charge in [0.1, 0.15) is 11.0 Å². The van der Waals surface area contributed by atoms with Gasteiger partial charge in [-0.2, -0.15) is 5.26 Å². The third-order valence-electron chi connectivity index (χ3n) is 1.75. The van der Waals surface area contributed by atoms with Crippen molar-refractivity contribution in [3.8, 4) is 6.07 Å². The summed E-state index contributed by atoms with van der Waals surface area (Å²) in [5.74, 6) is 0.621. The minimum absolute atomic E-state index is 0.322. The van der Waals surface area contributed by atoms with Crippen LogP contribution in [0.1, 0.15) is 12.0 Å². The van der Waals surface area contributed by atoms with E-state index in [1.54, 1.807) is 13.2 Å². The van der Waals surface area contributed by atoms with E-state index >= 15 is 0 Å². The highest BCUT2D eigenvalue weighted by Crippen LogP contribution is 2.13. The zero-order chi connectivity index (χ0) is 11.1. The molecular weight excluding hydrogens is 214 g/mol. The van der Waals surface area contributed by atoms with Crippen LogP contribution >= 0.6 is 11.6 Å². The van der Waals surface area contributed by atoms with Crippen molar-refractivity contribution in [2.45, 2.75) is 6.42 Å². The van der Waals surface area contributed by atoms with Crippen molar-refractivity contribution in [3.63, 3.8) is 0 Å². The molecule has 1 N–H and O–H groups in total. The average molecular weight is 226 g/mol. The molecule has 0 unspecified atom stereocenters. The van der Waals surface area contributed by atoms with E-state index < -0.39 is 0 Å². The molecule has 0 spiro atoms. The molecule has 1 aromatic rings. The van der Waals surface area contributed by atoms with Crippen molar-refractivity contribution >= 4 is 17.4 Å². The molecule has 0 aliphatic heterocycles. The summed E-state index contributed by atoms with van der Waals surface area (Å²) in [6, 6.07) is 5.22. The monoisotopic (exact) mass is 225 g/mol. The van der Waals surface area contributed by atoms with Gasteiger partial charge in [0.2, 0.25) is 0 Å². The maximum atomic E-state index is 8.71. The van der Waals surface area contributed by atoms with E-state index in [1.807, 2.05) is 6.07 Å². The summed E-state index contributed by atoms with van der Waals surface area (Å²) >= 11 is 5.74. The quantitative estimate of drug-likeness (QED) is 0.616. The second-order valence-corrected chi connectivity index (χ2v) is 3.34. The number of anilines is 1. The Balaban J connectivity index is 2.54. The van der Waals surface area contributed by atoms with Crippen LogP contribution in [-0.4, -0.2) is 25.2 Å². The van der Waals surface area contributed by atoms with Crippen molar-refractivity contribution in [2.24, 2.45) is 0 Å². The predicted molar refractivity (Wildman–Crippen MR) is 58.9 cm³/mol. The van der Waals surface area contributed by atoms with Gasteiger partial charge in [0.25, 0.3) is 0 Å². The second kappa shape index (κ2) is 6.23. The lowest BCUT2D eigenvalue weighted by Gasteiger charge is -2.05.